The van der Waals surface area contributed by atoms with E-state index in [0.29, 0.717) is 0 Å². The second-order valence-electron chi connectivity index (χ2n) is 4.56. The van der Waals surface area contributed by atoms with Crippen molar-refractivity contribution < 1.29 is 19.5 Å². The Bertz CT molecular complexity index is 339. The number of aliphatic carboxylic acids is 1. The van der Waals surface area contributed by atoms with E-state index in [1.54, 1.807) is 7.05 Å². The van der Waals surface area contributed by atoms with Crippen LogP contribution in [0.5, 0.6) is 0 Å². The number of carboxylic acids is 1. The number of carboxylic acid groups (broad SMARTS) is 1. The van der Waals surface area contributed by atoms with Crippen molar-refractivity contribution >= 4 is 17.9 Å². The summed E-state index contributed by atoms with van der Waals surface area (Å²) in [5, 5.41) is 11.2. The fraction of sp³-hybridized carbons (Fsp3) is 0.727. The van der Waals surface area contributed by atoms with Crippen LogP contribution in [0.2, 0.25) is 0 Å². The van der Waals surface area contributed by atoms with Gasteiger partial charge in [-0.25, -0.2) is 9.59 Å². The topological polar surface area (TPSA) is 113 Å². The fourth-order valence-electron chi connectivity index (χ4n) is 2.11. The predicted molar refractivity (Wildman–Crippen MR) is 63.8 cm³/mol. The lowest BCUT2D eigenvalue weighted by Crippen LogP contribution is -2.50. The second-order valence-corrected chi connectivity index (χ2v) is 4.56. The van der Waals surface area contributed by atoms with E-state index in [0.717, 1.165) is 25.7 Å². The Balaban J connectivity index is 2.54. The van der Waals surface area contributed by atoms with Crippen LogP contribution in [0.3, 0.4) is 0 Å². The van der Waals surface area contributed by atoms with Crippen LogP contribution in [-0.4, -0.2) is 47.0 Å². The summed E-state index contributed by atoms with van der Waals surface area (Å²) in [4.78, 5) is 34.9. The SMILES string of the molecule is CN(C(=O)N[C@@H](CC(N)=O)C(=O)O)C1CCCC1. The van der Waals surface area contributed by atoms with Gasteiger partial charge in [0.2, 0.25) is 5.91 Å². The molecule has 1 atom stereocenters. The van der Waals surface area contributed by atoms with Crippen LogP contribution < -0.4 is 11.1 Å². The molecule has 102 valence electrons. The molecule has 1 fully saturated rings. The largest absolute Gasteiger partial charge is 0.480 e. The first-order valence-electron chi connectivity index (χ1n) is 5.96. The minimum absolute atomic E-state index is 0.146. The molecule has 0 radical (unpaired) electrons. The van der Waals surface area contributed by atoms with Crippen LogP contribution in [-0.2, 0) is 9.59 Å². The molecule has 0 aromatic rings. The molecule has 0 aromatic carbocycles. The van der Waals surface area contributed by atoms with Gasteiger partial charge in [-0.1, -0.05) is 12.8 Å². The number of primary amides is 1. The molecule has 0 unspecified atom stereocenters. The van der Waals surface area contributed by atoms with Gasteiger partial charge in [0.15, 0.2) is 0 Å². The summed E-state index contributed by atoms with van der Waals surface area (Å²) in [6.07, 6.45) is 3.60. The fourth-order valence-corrected chi connectivity index (χ4v) is 2.11. The Labute approximate surface area is 105 Å². The number of nitrogens with zero attached hydrogens (tertiary/aromatic N) is 1. The molecule has 1 aliphatic carbocycles. The highest BCUT2D eigenvalue weighted by molar-refractivity contribution is 5.87. The summed E-state index contributed by atoms with van der Waals surface area (Å²) < 4.78 is 0. The molecular formula is C11H19N3O4. The van der Waals surface area contributed by atoms with Crippen molar-refractivity contribution in [2.75, 3.05) is 7.05 Å². The minimum atomic E-state index is -1.26. The summed E-state index contributed by atoms with van der Waals surface area (Å²) >= 11 is 0. The molecule has 0 bridgehead atoms. The highest BCUT2D eigenvalue weighted by Crippen LogP contribution is 2.22. The number of hydrogen-bond acceptors (Lipinski definition) is 3. The Kier molecular flexibility index (Phi) is 4.94. The van der Waals surface area contributed by atoms with Gasteiger partial charge >= 0.3 is 12.0 Å². The standard InChI is InChI=1S/C11H19N3O4/c1-14(7-4-2-3-5-7)11(18)13-8(10(16)17)6-9(12)15/h7-8H,2-6H2,1H3,(H2,12,15)(H,13,18)(H,16,17)/t8-/m0/s1. The molecule has 3 amide bonds. The molecule has 1 aliphatic rings. The van der Waals surface area contributed by atoms with Crippen molar-refractivity contribution in [1.29, 1.82) is 0 Å². The summed E-state index contributed by atoms with van der Waals surface area (Å²) in [5.74, 6) is -2.02. The van der Waals surface area contributed by atoms with Gasteiger partial charge < -0.3 is 21.1 Å². The Hall–Kier alpha value is -1.79. The summed E-state index contributed by atoms with van der Waals surface area (Å²) in [7, 11) is 1.63. The van der Waals surface area contributed by atoms with Gasteiger partial charge in [0.1, 0.15) is 6.04 Å². The zero-order valence-electron chi connectivity index (χ0n) is 10.4. The van der Waals surface area contributed by atoms with E-state index in [4.69, 9.17) is 10.8 Å². The Morgan fingerprint density at radius 3 is 2.39 bits per heavy atom. The normalized spacial score (nSPS) is 17.2. The summed E-state index contributed by atoms with van der Waals surface area (Å²) in [6, 6.07) is -1.59. The maximum absolute atomic E-state index is 11.8. The molecule has 0 heterocycles. The first-order chi connectivity index (χ1) is 8.41. The zero-order valence-corrected chi connectivity index (χ0v) is 10.4. The quantitative estimate of drug-likeness (QED) is 0.638. The van der Waals surface area contributed by atoms with E-state index in [2.05, 4.69) is 5.32 Å². The first-order valence-corrected chi connectivity index (χ1v) is 5.96. The maximum atomic E-state index is 11.8. The van der Waals surface area contributed by atoms with Crippen molar-refractivity contribution in [3.8, 4) is 0 Å². The third kappa shape index (κ3) is 3.90. The van der Waals surface area contributed by atoms with Crippen LogP contribution in [0.4, 0.5) is 4.79 Å². The summed E-state index contributed by atoms with van der Waals surface area (Å²) in [6.45, 7) is 0. The number of carbonyl (C=O) groups excluding carboxylic acids is 2. The van der Waals surface area contributed by atoms with Crippen LogP contribution in [0.15, 0.2) is 0 Å². The molecule has 0 aliphatic heterocycles. The van der Waals surface area contributed by atoms with Crippen LogP contribution in [0.25, 0.3) is 0 Å². The van der Waals surface area contributed by atoms with Crippen molar-refractivity contribution in [2.45, 2.75) is 44.2 Å². The van der Waals surface area contributed by atoms with Crippen molar-refractivity contribution in [2.24, 2.45) is 5.73 Å². The second kappa shape index (κ2) is 6.23. The first kappa shape index (κ1) is 14.3. The molecular weight excluding hydrogens is 238 g/mol. The molecule has 7 heteroatoms. The number of nitrogens with one attached hydrogen (secondary N) is 1. The van der Waals surface area contributed by atoms with E-state index < -0.39 is 30.4 Å². The molecule has 18 heavy (non-hydrogen) atoms. The highest BCUT2D eigenvalue weighted by Gasteiger charge is 2.27. The van der Waals surface area contributed by atoms with E-state index in [1.807, 2.05) is 0 Å². The number of nitrogens with two attached hydrogens (primary N) is 1. The van der Waals surface area contributed by atoms with Gasteiger partial charge in [-0.15, -0.1) is 0 Å². The van der Waals surface area contributed by atoms with E-state index in [-0.39, 0.29) is 6.04 Å². The lowest BCUT2D eigenvalue weighted by atomic mass is 10.2. The highest BCUT2D eigenvalue weighted by atomic mass is 16.4. The molecule has 4 N–H and O–H groups in total. The van der Waals surface area contributed by atoms with Crippen molar-refractivity contribution in [3.05, 3.63) is 0 Å². The molecule has 0 saturated heterocycles. The van der Waals surface area contributed by atoms with Gasteiger partial charge in [-0.2, -0.15) is 0 Å². The molecule has 7 nitrogen and oxygen atoms in total. The lowest BCUT2D eigenvalue weighted by Gasteiger charge is -2.26. The zero-order chi connectivity index (χ0) is 13.7. The number of carbonyl (C=O) groups is 3. The van der Waals surface area contributed by atoms with Crippen molar-refractivity contribution in [1.82, 2.24) is 10.2 Å². The average molecular weight is 257 g/mol. The molecule has 0 spiro atoms. The third-order valence-corrected chi connectivity index (χ3v) is 3.19. The number of hydrogen-bond donors (Lipinski definition) is 3. The van der Waals surface area contributed by atoms with Gasteiger partial charge in [-0.05, 0) is 12.8 Å². The van der Waals surface area contributed by atoms with Gasteiger partial charge in [0, 0.05) is 13.1 Å². The monoisotopic (exact) mass is 257 g/mol. The molecule has 1 saturated carbocycles. The van der Waals surface area contributed by atoms with Crippen LogP contribution >= 0.6 is 0 Å². The van der Waals surface area contributed by atoms with Gasteiger partial charge in [-0.3, -0.25) is 4.79 Å². The average Bonchev–Trinajstić information content (AvgIpc) is 2.79. The van der Waals surface area contributed by atoms with Gasteiger partial charge in [0.25, 0.3) is 0 Å². The van der Waals surface area contributed by atoms with Crippen LogP contribution in [0, 0.1) is 0 Å². The Morgan fingerprint density at radius 2 is 1.94 bits per heavy atom. The lowest BCUT2D eigenvalue weighted by molar-refractivity contribution is -0.141. The van der Waals surface area contributed by atoms with E-state index in [9.17, 15) is 14.4 Å². The van der Waals surface area contributed by atoms with Crippen LogP contribution in [0.1, 0.15) is 32.1 Å². The number of rotatable bonds is 5. The third-order valence-electron chi connectivity index (χ3n) is 3.19. The smallest absolute Gasteiger partial charge is 0.326 e. The Morgan fingerprint density at radius 1 is 1.39 bits per heavy atom. The number of amides is 3. The minimum Gasteiger partial charge on any atom is -0.480 e. The van der Waals surface area contributed by atoms with E-state index in [1.165, 1.54) is 4.90 Å². The van der Waals surface area contributed by atoms with Gasteiger partial charge in [0.05, 0.1) is 6.42 Å². The molecule has 1 rings (SSSR count). The van der Waals surface area contributed by atoms with Crippen molar-refractivity contribution in [3.63, 3.8) is 0 Å². The molecule has 0 aromatic heterocycles. The number of urea groups is 1. The predicted octanol–water partition coefficient (Wildman–Crippen LogP) is -0.101. The van der Waals surface area contributed by atoms with E-state index >= 15 is 0 Å². The maximum Gasteiger partial charge on any atom is 0.326 e. The summed E-state index contributed by atoms with van der Waals surface area (Å²) in [5.41, 5.74) is 4.94.